The molecule has 1 aliphatic carbocycles. The summed E-state index contributed by atoms with van der Waals surface area (Å²) in [5.74, 6) is 0.872. The summed E-state index contributed by atoms with van der Waals surface area (Å²) < 4.78 is 5.75. The highest BCUT2D eigenvalue weighted by Crippen LogP contribution is 2.23. The Labute approximate surface area is 128 Å². The largest absolute Gasteiger partial charge is 0.491 e. The van der Waals surface area contributed by atoms with Crippen molar-refractivity contribution >= 4 is 0 Å². The van der Waals surface area contributed by atoms with Gasteiger partial charge in [0.05, 0.1) is 0 Å². The summed E-state index contributed by atoms with van der Waals surface area (Å²) in [4.78, 5) is 2.42. The number of aliphatic hydroxyl groups is 1. The van der Waals surface area contributed by atoms with Crippen LogP contribution in [0.4, 0.5) is 0 Å². The molecule has 1 saturated carbocycles. The Morgan fingerprint density at radius 2 is 1.95 bits per heavy atom. The van der Waals surface area contributed by atoms with Crippen LogP contribution in [0.5, 0.6) is 5.75 Å². The third kappa shape index (κ3) is 5.01. The molecule has 2 rings (SSSR count). The van der Waals surface area contributed by atoms with Crippen LogP contribution >= 0.6 is 0 Å². The Kier molecular flexibility index (Phi) is 6.52. The van der Waals surface area contributed by atoms with Crippen LogP contribution < -0.4 is 4.74 Å². The van der Waals surface area contributed by atoms with Gasteiger partial charge in [-0.25, -0.2) is 0 Å². The molecule has 0 aromatic heterocycles. The highest BCUT2D eigenvalue weighted by Gasteiger charge is 2.22. The van der Waals surface area contributed by atoms with Crippen LogP contribution in [0.2, 0.25) is 0 Å². The quantitative estimate of drug-likeness (QED) is 0.836. The van der Waals surface area contributed by atoms with Crippen molar-refractivity contribution < 1.29 is 9.84 Å². The van der Waals surface area contributed by atoms with Crippen molar-refractivity contribution in [3.63, 3.8) is 0 Å². The second-order valence-electron chi connectivity index (χ2n) is 6.11. The van der Waals surface area contributed by atoms with Crippen molar-refractivity contribution in [2.45, 2.75) is 58.1 Å². The zero-order valence-electron chi connectivity index (χ0n) is 13.4. The fraction of sp³-hybridized carbons (Fsp3) is 0.667. The Morgan fingerprint density at radius 3 is 2.62 bits per heavy atom. The number of benzene rings is 1. The molecule has 3 heteroatoms. The average molecular weight is 291 g/mol. The number of hydrogen-bond donors (Lipinski definition) is 1. The van der Waals surface area contributed by atoms with Gasteiger partial charge in [-0.1, -0.05) is 44.4 Å². The monoisotopic (exact) mass is 291 g/mol. The highest BCUT2D eigenvalue weighted by atomic mass is 16.5. The molecule has 1 fully saturated rings. The van der Waals surface area contributed by atoms with Crippen molar-refractivity contribution in [2.24, 2.45) is 0 Å². The first-order valence-corrected chi connectivity index (χ1v) is 8.31. The van der Waals surface area contributed by atoms with Gasteiger partial charge in [0.2, 0.25) is 0 Å². The molecule has 3 nitrogen and oxygen atoms in total. The molecule has 0 bridgehead atoms. The molecule has 0 heterocycles. The topological polar surface area (TPSA) is 32.7 Å². The molecule has 1 aliphatic rings. The number of likely N-dealkylation sites (N-methyl/N-ethyl adjacent to an activating group) is 1. The maximum absolute atomic E-state index is 10.3. The van der Waals surface area contributed by atoms with Crippen LogP contribution in [0.15, 0.2) is 24.3 Å². The molecule has 0 radical (unpaired) electrons. The lowest BCUT2D eigenvalue weighted by Gasteiger charge is -2.34. The number of hydrogen-bond acceptors (Lipinski definition) is 3. The molecule has 0 spiro atoms. The van der Waals surface area contributed by atoms with Crippen molar-refractivity contribution in [1.82, 2.24) is 4.90 Å². The molecule has 1 atom stereocenters. The van der Waals surface area contributed by atoms with E-state index in [1.807, 2.05) is 31.2 Å². The van der Waals surface area contributed by atoms with Crippen molar-refractivity contribution in [2.75, 3.05) is 19.7 Å². The standard InChI is InChI=1S/C18H29NO2/c1-3-19(16-10-5-4-6-11-16)13-17(20)14-21-18-12-8-7-9-15(18)2/h7-9,12,16-17,20H,3-6,10-11,13-14H2,1-2H3/t17-/m0/s1. The number of aryl methyl sites for hydroxylation is 1. The van der Waals surface area contributed by atoms with Crippen molar-refractivity contribution in [3.8, 4) is 5.75 Å². The van der Waals surface area contributed by atoms with Crippen LogP contribution in [0.1, 0.15) is 44.6 Å². The van der Waals surface area contributed by atoms with Gasteiger partial charge in [0.25, 0.3) is 0 Å². The lowest BCUT2D eigenvalue weighted by atomic mass is 9.94. The molecular formula is C18H29NO2. The van der Waals surface area contributed by atoms with E-state index in [1.165, 1.54) is 32.1 Å². The van der Waals surface area contributed by atoms with Crippen molar-refractivity contribution in [3.05, 3.63) is 29.8 Å². The molecule has 21 heavy (non-hydrogen) atoms. The maximum Gasteiger partial charge on any atom is 0.122 e. The lowest BCUT2D eigenvalue weighted by molar-refractivity contribution is 0.0462. The molecule has 1 aromatic rings. The summed E-state index contributed by atoms with van der Waals surface area (Å²) in [7, 11) is 0. The van der Waals surface area contributed by atoms with E-state index in [-0.39, 0.29) is 0 Å². The number of rotatable bonds is 7. The van der Waals surface area contributed by atoms with E-state index in [9.17, 15) is 5.11 Å². The van der Waals surface area contributed by atoms with Gasteiger partial charge >= 0.3 is 0 Å². The number of aliphatic hydroxyl groups excluding tert-OH is 1. The van der Waals surface area contributed by atoms with Crippen LogP contribution in [-0.4, -0.2) is 41.8 Å². The number of ether oxygens (including phenoxy) is 1. The summed E-state index contributed by atoms with van der Waals surface area (Å²) >= 11 is 0. The molecule has 0 saturated heterocycles. The molecule has 0 amide bonds. The fourth-order valence-electron chi connectivity index (χ4n) is 3.21. The number of para-hydroxylation sites is 1. The summed E-state index contributed by atoms with van der Waals surface area (Å²) in [6, 6.07) is 8.61. The average Bonchev–Trinajstić information content (AvgIpc) is 2.52. The lowest BCUT2D eigenvalue weighted by Crippen LogP contribution is -2.43. The summed E-state index contributed by atoms with van der Waals surface area (Å²) in [5.41, 5.74) is 1.12. The molecule has 0 aliphatic heterocycles. The van der Waals surface area contributed by atoms with E-state index in [0.29, 0.717) is 19.2 Å². The Morgan fingerprint density at radius 1 is 1.24 bits per heavy atom. The van der Waals surface area contributed by atoms with E-state index < -0.39 is 6.10 Å². The normalized spacial score (nSPS) is 17.9. The summed E-state index contributed by atoms with van der Waals surface area (Å²) in [6.45, 7) is 6.30. The Balaban J connectivity index is 1.79. The van der Waals surface area contributed by atoms with Gasteiger partial charge in [-0.05, 0) is 37.9 Å². The first-order valence-electron chi connectivity index (χ1n) is 8.31. The van der Waals surface area contributed by atoms with E-state index in [4.69, 9.17) is 4.74 Å². The first kappa shape index (κ1) is 16.3. The van der Waals surface area contributed by atoms with E-state index >= 15 is 0 Å². The van der Waals surface area contributed by atoms with Crippen LogP contribution in [0.25, 0.3) is 0 Å². The first-order chi connectivity index (χ1) is 10.2. The molecule has 1 N–H and O–H groups in total. The maximum atomic E-state index is 10.3. The van der Waals surface area contributed by atoms with Crippen LogP contribution in [-0.2, 0) is 0 Å². The van der Waals surface area contributed by atoms with Gasteiger partial charge in [-0.3, -0.25) is 4.90 Å². The highest BCUT2D eigenvalue weighted by molar-refractivity contribution is 5.31. The van der Waals surface area contributed by atoms with Crippen LogP contribution in [0.3, 0.4) is 0 Å². The zero-order valence-corrected chi connectivity index (χ0v) is 13.4. The van der Waals surface area contributed by atoms with Gasteiger partial charge in [0, 0.05) is 12.6 Å². The van der Waals surface area contributed by atoms with E-state index in [2.05, 4.69) is 11.8 Å². The minimum atomic E-state index is -0.425. The third-order valence-corrected chi connectivity index (χ3v) is 4.47. The SMILES string of the molecule is CCN(C[C@H](O)COc1ccccc1C)C1CCCCC1. The third-order valence-electron chi connectivity index (χ3n) is 4.47. The molecule has 118 valence electrons. The Hall–Kier alpha value is -1.06. The fourth-order valence-corrected chi connectivity index (χ4v) is 3.21. The molecule has 0 unspecified atom stereocenters. The molecule has 1 aromatic carbocycles. The predicted octanol–water partition coefficient (Wildman–Crippen LogP) is 3.39. The smallest absolute Gasteiger partial charge is 0.122 e. The summed E-state index contributed by atoms with van der Waals surface area (Å²) in [6.07, 6.45) is 6.16. The van der Waals surface area contributed by atoms with Gasteiger partial charge < -0.3 is 9.84 Å². The van der Waals surface area contributed by atoms with Crippen molar-refractivity contribution in [1.29, 1.82) is 0 Å². The zero-order chi connectivity index (χ0) is 15.1. The van der Waals surface area contributed by atoms with Crippen LogP contribution in [0, 0.1) is 6.92 Å². The minimum absolute atomic E-state index is 0.369. The minimum Gasteiger partial charge on any atom is -0.491 e. The molecular weight excluding hydrogens is 262 g/mol. The predicted molar refractivity (Wildman–Crippen MR) is 86.8 cm³/mol. The van der Waals surface area contributed by atoms with Gasteiger partial charge in [0.15, 0.2) is 0 Å². The Bertz CT molecular complexity index is 415. The van der Waals surface area contributed by atoms with Gasteiger partial charge in [-0.15, -0.1) is 0 Å². The van der Waals surface area contributed by atoms with E-state index in [0.717, 1.165) is 17.9 Å². The second kappa shape index (κ2) is 8.40. The second-order valence-corrected chi connectivity index (χ2v) is 6.11. The summed E-state index contributed by atoms with van der Waals surface area (Å²) in [5, 5.41) is 10.3. The van der Waals surface area contributed by atoms with Gasteiger partial charge in [0.1, 0.15) is 18.5 Å². The number of nitrogens with zero attached hydrogens (tertiary/aromatic N) is 1. The van der Waals surface area contributed by atoms with E-state index in [1.54, 1.807) is 0 Å². The van der Waals surface area contributed by atoms with Gasteiger partial charge in [-0.2, -0.15) is 0 Å².